The summed E-state index contributed by atoms with van der Waals surface area (Å²) in [5.41, 5.74) is -1.61. The summed E-state index contributed by atoms with van der Waals surface area (Å²) in [6, 6.07) is 0. The van der Waals surface area contributed by atoms with Gasteiger partial charge in [0.1, 0.15) is 5.92 Å². The van der Waals surface area contributed by atoms with Gasteiger partial charge < -0.3 is 14.2 Å². The van der Waals surface area contributed by atoms with Gasteiger partial charge in [0.25, 0.3) is 0 Å². The van der Waals surface area contributed by atoms with E-state index in [4.69, 9.17) is 14.2 Å². The van der Waals surface area contributed by atoms with Crippen molar-refractivity contribution in [2.24, 2.45) is 5.92 Å². The molecule has 1 aliphatic carbocycles. The van der Waals surface area contributed by atoms with E-state index in [-0.39, 0.29) is 11.0 Å². The predicted molar refractivity (Wildman–Crippen MR) is 81.9 cm³/mol. The summed E-state index contributed by atoms with van der Waals surface area (Å²) >= 11 is 0. The van der Waals surface area contributed by atoms with Crippen molar-refractivity contribution in [3.05, 3.63) is 34.4 Å². The van der Waals surface area contributed by atoms with E-state index in [9.17, 15) is 10.1 Å². The van der Waals surface area contributed by atoms with Crippen molar-refractivity contribution < 1.29 is 19.1 Å². The fraction of sp³-hybridized carbons (Fsp3) is 0.750. The Kier molecular flexibility index (Phi) is 6.11. The maximum Gasteiger partial charge on any atom is 0.356 e. The van der Waals surface area contributed by atoms with Gasteiger partial charge in [0.05, 0.1) is 24.2 Å². The molecule has 22 heavy (non-hydrogen) atoms. The van der Waals surface area contributed by atoms with Gasteiger partial charge in [-0.05, 0) is 12.8 Å². The van der Waals surface area contributed by atoms with Crippen LogP contribution in [0.1, 0.15) is 39.5 Å². The third kappa shape index (κ3) is 3.56. The fourth-order valence-electron chi connectivity index (χ4n) is 2.88. The van der Waals surface area contributed by atoms with Crippen LogP contribution in [-0.2, 0) is 14.2 Å². The number of rotatable bonds is 8. The molecule has 0 spiro atoms. The van der Waals surface area contributed by atoms with Crippen LogP contribution in [0.4, 0.5) is 0 Å². The van der Waals surface area contributed by atoms with Crippen LogP contribution in [0.3, 0.4) is 0 Å². The van der Waals surface area contributed by atoms with Crippen LogP contribution in [0.25, 0.3) is 0 Å². The monoisotopic (exact) mass is 311 g/mol. The van der Waals surface area contributed by atoms with Crippen molar-refractivity contribution in [1.29, 1.82) is 0 Å². The van der Waals surface area contributed by atoms with E-state index in [0.717, 1.165) is 25.7 Å². The van der Waals surface area contributed by atoms with E-state index in [2.05, 4.69) is 6.92 Å². The van der Waals surface area contributed by atoms with Crippen LogP contribution in [0, 0.1) is 16.0 Å². The maximum atomic E-state index is 11.9. The lowest BCUT2D eigenvalue weighted by Gasteiger charge is -2.35. The topological polar surface area (TPSA) is 70.8 Å². The Morgan fingerprint density at radius 1 is 1.36 bits per heavy atom. The van der Waals surface area contributed by atoms with Gasteiger partial charge in [-0.25, -0.2) is 0 Å². The van der Waals surface area contributed by atoms with Gasteiger partial charge in [-0.15, -0.1) is 0 Å². The van der Waals surface area contributed by atoms with E-state index >= 15 is 0 Å². The number of ether oxygens (including phenoxy) is 3. The molecule has 1 saturated heterocycles. The lowest BCUT2D eigenvalue weighted by atomic mass is 9.90. The van der Waals surface area contributed by atoms with Crippen molar-refractivity contribution in [1.82, 2.24) is 0 Å². The zero-order valence-electron chi connectivity index (χ0n) is 13.3. The maximum absolute atomic E-state index is 11.9. The third-order valence-corrected chi connectivity index (χ3v) is 4.16. The quantitative estimate of drug-likeness (QED) is 0.391. The van der Waals surface area contributed by atoms with Crippen molar-refractivity contribution in [3.8, 4) is 0 Å². The molecular formula is C16H25NO5. The second kappa shape index (κ2) is 7.85. The highest BCUT2D eigenvalue weighted by atomic mass is 16.7. The van der Waals surface area contributed by atoms with Crippen LogP contribution in [0.15, 0.2) is 24.3 Å². The van der Waals surface area contributed by atoms with Crippen molar-refractivity contribution >= 4 is 0 Å². The minimum atomic E-state index is -1.61. The Bertz CT molecular complexity index is 430. The smallest absolute Gasteiger partial charge is 0.349 e. The molecule has 1 fully saturated rings. The van der Waals surface area contributed by atoms with Gasteiger partial charge in [0.15, 0.2) is 6.29 Å². The van der Waals surface area contributed by atoms with Crippen LogP contribution in [0.5, 0.6) is 0 Å². The van der Waals surface area contributed by atoms with Crippen LogP contribution in [-0.4, -0.2) is 36.3 Å². The summed E-state index contributed by atoms with van der Waals surface area (Å²) in [4.78, 5) is 11.5. The molecule has 0 radical (unpaired) electrons. The van der Waals surface area contributed by atoms with Gasteiger partial charge in [0, 0.05) is 6.08 Å². The standard InChI is InChI=1S/C16H25NO5/c1-3-5-8-13(4-2)22-16(17(18)19)10-7-6-9-14(16)15-20-11-12-21-15/h6-7,9-10,13-15H,3-5,8,11-12H2,1-2H3. The normalized spacial score (nSPS) is 29.8. The molecule has 0 aromatic carbocycles. The Balaban J connectivity index is 2.22. The van der Waals surface area contributed by atoms with Crippen molar-refractivity contribution in [2.75, 3.05) is 13.2 Å². The Morgan fingerprint density at radius 3 is 2.68 bits per heavy atom. The average Bonchev–Trinajstić information content (AvgIpc) is 3.05. The third-order valence-electron chi connectivity index (χ3n) is 4.16. The second-order valence-electron chi connectivity index (χ2n) is 5.68. The first-order valence-electron chi connectivity index (χ1n) is 8.05. The highest BCUT2D eigenvalue weighted by Gasteiger charge is 2.55. The molecule has 6 nitrogen and oxygen atoms in total. The molecule has 3 unspecified atom stereocenters. The number of unbranched alkanes of at least 4 members (excludes halogenated alkanes) is 1. The number of allylic oxidation sites excluding steroid dienone is 2. The summed E-state index contributed by atoms with van der Waals surface area (Å²) in [5.74, 6) is -0.578. The SMILES string of the molecule is CCCCC(CC)OC1([N+](=O)[O-])C=CC=CC1C1OCCO1. The van der Waals surface area contributed by atoms with Gasteiger partial charge in [-0.2, -0.15) is 0 Å². The molecule has 0 aromatic rings. The molecule has 0 N–H and O–H groups in total. The molecule has 3 atom stereocenters. The van der Waals surface area contributed by atoms with Crippen molar-refractivity contribution in [2.45, 2.75) is 57.6 Å². The summed E-state index contributed by atoms with van der Waals surface area (Å²) < 4.78 is 17.0. The van der Waals surface area contributed by atoms with E-state index in [1.807, 2.05) is 6.92 Å². The van der Waals surface area contributed by atoms with Crippen LogP contribution < -0.4 is 0 Å². The number of hydrogen-bond acceptors (Lipinski definition) is 5. The molecule has 124 valence electrons. The summed E-state index contributed by atoms with van der Waals surface area (Å²) in [5, 5.41) is 11.9. The molecule has 1 heterocycles. The second-order valence-corrected chi connectivity index (χ2v) is 5.68. The van der Waals surface area contributed by atoms with E-state index in [1.54, 1.807) is 18.2 Å². The van der Waals surface area contributed by atoms with E-state index < -0.39 is 17.9 Å². The lowest BCUT2D eigenvalue weighted by Crippen LogP contribution is -2.53. The molecule has 0 saturated carbocycles. The predicted octanol–water partition coefficient (Wildman–Crippen LogP) is 3.06. The molecule has 0 amide bonds. The highest BCUT2D eigenvalue weighted by Crippen LogP contribution is 2.36. The summed E-state index contributed by atoms with van der Waals surface area (Å²) in [7, 11) is 0. The van der Waals surface area contributed by atoms with Gasteiger partial charge in [-0.1, -0.05) is 44.9 Å². The summed E-state index contributed by atoms with van der Waals surface area (Å²) in [6.45, 7) is 5.01. The number of nitrogens with zero attached hydrogens (tertiary/aromatic N) is 1. The van der Waals surface area contributed by atoms with Gasteiger partial charge >= 0.3 is 5.72 Å². The summed E-state index contributed by atoms with van der Waals surface area (Å²) in [6.07, 6.45) is 9.55. The molecule has 0 bridgehead atoms. The number of nitro groups is 1. The molecular weight excluding hydrogens is 286 g/mol. The zero-order chi connectivity index (χ0) is 16.0. The minimum Gasteiger partial charge on any atom is -0.349 e. The largest absolute Gasteiger partial charge is 0.356 e. The van der Waals surface area contributed by atoms with E-state index in [0.29, 0.717) is 13.2 Å². The van der Waals surface area contributed by atoms with Gasteiger partial charge in [-0.3, -0.25) is 10.1 Å². The fourth-order valence-corrected chi connectivity index (χ4v) is 2.88. The Labute approximate surface area is 131 Å². The number of hydrogen-bond donors (Lipinski definition) is 0. The Morgan fingerprint density at radius 2 is 2.09 bits per heavy atom. The van der Waals surface area contributed by atoms with Gasteiger partial charge in [0.2, 0.25) is 0 Å². The highest BCUT2D eigenvalue weighted by molar-refractivity contribution is 5.20. The minimum absolute atomic E-state index is 0.148. The molecule has 1 aliphatic heterocycles. The van der Waals surface area contributed by atoms with Crippen LogP contribution in [0.2, 0.25) is 0 Å². The first-order chi connectivity index (χ1) is 10.6. The Hall–Kier alpha value is -1.24. The van der Waals surface area contributed by atoms with E-state index in [1.165, 1.54) is 6.08 Å². The first kappa shape index (κ1) is 17.1. The average molecular weight is 311 g/mol. The first-order valence-corrected chi connectivity index (χ1v) is 8.05. The molecule has 6 heteroatoms. The van der Waals surface area contributed by atoms with Crippen molar-refractivity contribution in [3.63, 3.8) is 0 Å². The molecule has 0 aromatic heterocycles. The zero-order valence-corrected chi connectivity index (χ0v) is 13.3. The molecule has 2 rings (SSSR count). The van der Waals surface area contributed by atoms with Crippen LogP contribution >= 0.6 is 0 Å². The molecule has 2 aliphatic rings. The lowest BCUT2D eigenvalue weighted by molar-refractivity contribution is -0.631.